The van der Waals surface area contributed by atoms with Crippen molar-refractivity contribution in [3.8, 4) is 0 Å². The van der Waals surface area contributed by atoms with Gasteiger partial charge in [-0.3, -0.25) is 0 Å². The zero-order valence-electron chi connectivity index (χ0n) is 5.26. The summed E-state index contributed by atoms with van der Waals surface area (Å²) in [5.41, 5.74) is 0. The van der Waals surface area contributed by atoms with Crippen LogP contribution in [0.4, 0.5) is 0 Å². The normalized spacial score (nSPS) is 4.36. The average Bonchev–Trinajstić information content (AvgIpc) is 1.25. The molecule has 0 bridgehead atoms. The first-order chi connectivity index (χ1) is 3.46. The van der Waals surface area contributed by atoms with Crippen molar-refractivity contribution in [2.75, 3.05) is 0 Å². The van der Waals surface area contributed by atoms with Crippen molar-refractivity contribution in [3.05, 3.63) is 30.6 Å². The summed E-state index contributed by atoms with van der Waals surface area (Å²) in [6.45, 7) is 0. The van der Waals surface area contributed by atoms with Gasteiger partial charge in [-0.15, -0.1) is 0 Å². The monoisotopic (exact) mass is 246 g/mol. The molecule has 0 aliphatic heterocycles. The predicted molar refractivity (Wildman–Crippen MR) is 30.1 cm³/mol. The molecule has 0 radical (unpaired) electrons. The second kappa shape index (κ2) is 22.5. The van der Waals surface area contributed by atoms with Gasteiger partial charge in [0.15, 0.2) is 0 Å². The maximum absolute atomic E-state index is 8.25. The molecule has 0 aromatic rings. The van der Waals surface area contributed by atoms with Gasteiger partial charge in [-0.1, -0.05) is 0 Å². The van der Waals surface area contributed by atoms with E-state index in [1.54, 1.807) is 0 Å². The Morgan fingerprint density at radius 2 is 0.818 bits per heavy atom. The molecule has 0 aromatic carbocycles. The molecule has 0 saturated heterocycles. The van der Waals surface area contributed by atoms with Crippen LogP contribution in [0.5, 0.6) is 0 Å². The third-order valence-electron chi connectivity index (χ3n) is 0. The van der Waals surface area contributed by atoms with Gasteiger partial charge in [0.1, 0.15) is 0 Å². The molecular weight excluding hydrogens is 245 g/mol. The van der Waals surface area contributed by atoms with Crippen molar-refractivity contribution >= 4 is 37.7 Å². The van der Waals surface area contributed by atoms with Gasteiger partial charge in [0.2, 0.25) is 0 Å². The fourth-order valence-corrected chi connectivity index (χ4v) is 0. The van der Waals surface area contributed by atoms with Crippen LogP contribution in [0.1, 0.15) is 0 Å². The van der Waals surface area contributed by atoms with Crippen LogP contribution in [0.15, 0.2) is 0 Å². The first-order valence-electron chi connectivity index (χ1n) is 1.10. The van der Waals surface area contributed by atoms with E-state index < -0.39 is 10.2 Å². The zero-order valence-corrected chi connectivity index (χ0v) is 10.4. The van der Waals surface area contributed by atoms with E-state index in [2.05, 4.69) is 0 Å². The van der Waals surface area contributed by atoms with Gasteiger partial charge in [0.05, 0.1) is 10.2 Å². The summed E-state index contributed by atoms with van der Waals surface area (Å²) in [6.07, 6.45) is 0. The van der Waals surface area contributed by atoms with E-state index in [4.69, 9.17) is 30.6 Å². The topological polar surface area (TPSA) is 164 Å². The Hall–Kier alpha value is 0.243. The molecule has 11 heteroatoms. The number of hydrogen-bond donors (Lipinski definition) is 0. The van der Waals surface area contributed by atoms with Crippen molar-refractivity contribution in [2.45, 2.75) is 0 Å². The number of hydrogen-bond acceptors (Lipinski definition) is 6. The van der Waals surface area contributed by atoms with Gasteiger partial charge in [0, 0.05) is 0 Å². The van der Waals surface area contributed by atoms with Crippen molar-refractivity contribution in [1.29, 1.82) is 0 Å². The van der Waals surface area contributed by atoms with Crippen LogP contribution >= 0.6 is 0 Å². The molecule has 0 amide bonds. The van der Waals surface area contributed by atoms with E-state index in [1.165, 1.54) is 0 Å². The molecule has 56 valence electrons. The van der Waals surface area contributed by atoms with E-state index in [0.29, 0.717) is 0 Å². The SMILES string of the molecule is O.O=[N+]([O-])[O-].O=[N+]([O-])[O-].[Ca+2].[Zn+2]. The van der Waals surface area contributed by atoms with Crippen molar-refractivity contribution in [3.63, 3.8) is 0 Å². The van der Waals surface area contributed by atoms with Crippen LogP contribution in [0, 0.1) is 30.6 Å². The van der Waals surface area contributed by atoms with Crippen LogP contribution < -0.4 is 0 Å². The van der Waals surface area contributed by atoms with Crippen LogP contribution in [0.3, 0.4) is 0 Å². The molecule has 11 heavy (non-hydrogen) atoms. The molecule has 2 N–H and O–H groups in total. The number of nitrogens with zero attached hydrogens (tertiary/aromatic N) is 2. The molecule has 0 heterocycles. The molecule has 0 aliphatic rings. The van der Waals surface area contributed by atoms with Gasteiger partial charge >= 0.3 is 57.2 Å². The van der Waals surface area contributed by atoms with E-state index in [0.717, 1.165) is 0 Å². The maximum Gasteiger partial charge on any atom is 2.00 e. The van der Waals surface area contributed by atoms with Crippen LogP contribution in [-0.2, 0) is 19.5 Å². The average molecular weight is 247 g/mol. The van der Waals surface area contributed by atoms with Crippen molar-refractivity contribution in [1.82, 2.24) is 0 Å². The van der Waals surface area contributed by atoms with E-state index >= 15 is 0 Å². The molecule has 0 spiro atoms. The first-order valence-corrected chi connectivity index (χ1v) is 1.10. The molecule has 0 fully saturated rings. The Labute approximate surface area is 103 Å². The van der Waals surface area contributed by atoms with Crippen molar-refractivity contribution in [2.24, 2.45) is 0 Å². The fraction of sp³-hybridized carbons (Fsp3) is 0. The predicted octanol–water partition coefficient (Wildman–Crippen LogP) is -1.69. The molecule has 0 aromatic heterocycles. The standard InChI is InChI=1S/Ca.2NO3.H2O.Zn/c;2*2-1(3)4;;/h;;;1H2;/q+2;2*-1;;+2. The summed E-state index contributed by atoms with van der Waals surface area (Å²) >= 11 is 0. The number of rotatable bonds is 0. The van der Waals surface area contributed by atoms with Crippen LogP contribution in [0.25, 0.3) is 0 Å². The van der Waals surface area contributed by atoms with Gasteiger partial charge in [-0.05, 0) is 0 Å². The van der Waals surface area contributed by atoms with E-state index in [9.17, 15) is 0 Å². The Balaban J connectivity index is -0.0000000171. The fourth-order valence-electron chi connectivity index (χ4n) is 0. The summed E-state index contributed by atoms with van der Waals surface area (Å²) in [5, 5.41) is 29.5. The molecular formula is H2CaN2O7Zn+2. The second-order valence-electron chi connectivity index (χ2n) is 0.447. The van der Waals surface area contributed by atoms with Crippen molar-refractivity contribution < 1.29 is 35.1 Å². The minimum absolute atomic E-state index is 0. The quantitative estimate of drug-likeness (QED) is 0.281. The summed E-state index contributed by atoms with van der Waals surface area (Å²) in [7, 11) is 0. The minimum atomic E-state index is -1.75. The summed E-state index contributed by atoms with van der Waals surface area (Å²) in [6, 6.07) is 0. The summed E-state index contributed by atoms with van der Waals surface area (Å²) < 4.78 is 0. The molecule has 9 nitrogen and oxygen atoms in total. The van der Waals surface area contributed by atoms with Gasteiger partial charge in [0.25, 0.3) is 0 Å². The smallest absolute Gasteiger partial charge is 0.412 e. The Bertz CT molecular complexity index is 74.4. The molecule has 0 rings (SSSR count). The minimum Gasteiger partial charge on any atom is -0.412 e. The summed E-state index contributed by atoms with van der Waals surface area (Å²) in [5.74, 6) is 0. The summed E-state index contributed by atoms with van der Waals surface area (Å²) in [4.78, 5) is 16.5. The van der Waals surface area contributed by atoms with Gasteiger partial charge in [-0.25, -0.2) is 0 Å². The van der Waals surface area contributed by atoms with Gasteiger partial charge < -0.3 is 36.1 Å². The second-order valence-corrected chi connectivity index (χ2v) is 0.447. The maximum atomic E-state index is 8.25. The molecule has 0 saturated carbocycles. The zero-order chi connectivity index (χ0) is 7.15. The Kier molecular flexibility index (Phi) is 61.8. The first kappa shape index (κ1) is 30.3. The molecule has 0 aliphatic carbocycles. The third-order valence-corrected chi connectivity index (χ3v) is 0. The van der Waals surface area contributed by atoms with E-state index in [1.807, 2.05) is 0 Å². The Morgan fingerprint density at radius 3 is 0.818 bits per heavy atom. The van der Waals surface area contributed by atoms with Crippen LogP contribution in [0.2, 0.25) is 0 Å². The molecule has 0 unspecified atom stereocenters. The third kappa shape index (κ3) is 11800. The van der Waals surface area contributed by atoms with Gasteiger partial charge in [-0.2, -0.15) is 0 Å². The van der Waals surface area contributed by atoms with Crippen LogP contribution in [-0.4, -0.2) is 53.4 Å². The van der Waals surface area contributed by atoms with E-state index in [-0.39, 0.29) is 62.7 Å². The largest absolute Gasteiger partial charge is 2.00 e. The Morgan fingerprint density at radius 1 is 0.818 bits per heavy atom. The molecule has 0 atom stereocenters.